The second-order valence-electron chi connectivity index (χ2n) is 4.91. The smallest absolute Gasteiger partial charge is 0.151 e. The maximum atomic E-state index is 5.58. The zero-order valence-corrected chi connectivity index (χ0v) is 11.5. The largest absolute Gasteiger partial charge is 0.377 e. The molecule has 0 spiro atoms. The Hall–Kier alpha value is -0.910. The zero-order chi connectivity index (χ0) is 13.0. The first-order chi connectivity index (χ1) is 8.70. The standard InChI is InChI=1S/C13H23N3O2/c1-4-14-8-11-7-12(18-15-11)9-16(3)13-5-6-17-10(13)2/h7,10,13-14H,4-6,8-9H2,1-3H3. The highest BCUT2D eigenvalue weighted by Crippen LogP contribution is 2.20. The van der Waals surface area contributed by atoms with E-state index in [1.54, 1.807) is 0 Å². The highest BCUT2D eigenvalue weighted by Gasteiger charge is 2.28. The average molecular weight is 253 g/mol. The normalized spacial score (nSPS) is 24.0. The van der Waals surface area contributed by atoms with Gasteiger partial charge in [0, 0.05) is 25.3 Å². The lowest BCUT2D eigenvalue weighted by atomic mass is 10.1. The molecule has 1 aliphatic heterocycles. The summed E-state index contributed by atoms with van der Waals surface area (Å²) in [7, 11) is 2.11. The summed E-state index contributed by atoms with van der Waals surface area (Å²) in [6.45, 7) is 7.57. The zero-order valence-electron chi connectivity index (χ0n) is 11.5. The fourth-order valence-electron chi connectivity index (χ4n) is 2.43. The first-order valence-corrected chi connectivity index (χ1v) is 6.67. The molecule has 18 heavy (non-hydrogen) atoms. The molecular weight excluding hydrogens is 230 g/mol. The lowest BCUT2D eigenvalue weighted by Crippen LogP contribution is -2.36. The molecular formula is C13H23N3O2. The third-order valence-corrected chi connectivity index (χ3v) is 3.47. The van der Waals surface area contributed by atoms with Gasteiger partial charge >= 0.3 is 0 Å². The third kappa shape index (κ3) is 3.31. The maximum absolute atomic E-state index is 5.58. The quantitative estimate of drug-likeness (QED) is 0.830. The van der Waals surface area contributed by atoms with Gasteiger partial charge in [0.1, 0.15) is 0 Å². The van der Waals surface area contributed by atoms with Crippen molar-refractivity contribution >= 4 is 0 Å². The summed E-state index contributed by atoms with van der Waals surface area (Å²) in [5.41, 5.74) is 0.968. The van der Waals surface area contributed by atoms with Crippen LogP contribution in [0.4, 0.5) is 0 Å². The van der Waals surface area contributed by atoms with Crippen molar-refractivity contribution in [3.8, 4) is 0 Å². The Morgan fingerprint density at radius 1 is 1.56 bits per heavy atom. The van der Waals surface area contributed by atoms with Gasteiger partial charge in [-0.1, -0.05) is 12.1 Å². The number of likely N-dealkylation sites (N-methyl/N-ethyl adjacent to an activating group) is 1. The molecule has 0 bridgehead atoms. The van der Waals surface area contributed by atoms with Gasteiger partial charge in [-0.25, -0.2) is 0 Å². The van der Waals surface area contributed by atoms with Crippen molar-refractivity contribution in [2.45, 2.75) is 45.5 Å². The fraction of sp³-hybridized carbons (Fsp3) is 0.769. The van der Waals surface area contributed by atoms with Gasteiger partial charge in [-0.3, -0.25) is 4.90 Å². The van der Waals surface area contributed by atoms with Crippen LogP contribution in [0.5, 0.6) is 0 Å². The van der Waals surface area contributed by atoms with Crippen LogP contribution >= 0.6 is 0 Å². The van der Waals surface area contributed by atoms with Crippen LogP contribution in [0.2, 0.25) is 0 Å². The van der Waals surface area contributed by atoms with E-state index in [1.165, 1.54) is 0 Å². The molecule has 102 valence electrons. The Bertz CT molecular complexity index is 367. The number of hydrogen-bond acceptors (Lipinski definition) is 5. The average Bonchev–Trinajstić information content (AvgIpc) is 2.95. The molecule has 1 aliphatic rings. The molecule has 2 heterocycles. The van der Waals surface area contributed by atoms with E-state index in [2.05, 4.69) is 36.3 Å². The van der Waals surface area contributed by atoms with Gasteiger partial charge in [-0.05, 0) is 26.9 Å². The topological polar surface area (TPSA) is 50.5 Å². The summed E-state index contributed by atoms with van der Waals surface area (Å²) in [6, 6.07) is 2.51. The molecule has 0 aromatic carbocycles. The van der Waals surface area contributed by atoms with Gasteiger partial charge in [0.05, 0.1) is 18.3 Å². The molecule has 0 aliphatic carbocycles. The van der Waals surface area contributed by atoms with Crippen molar-refractivity contribution in [3.63, 3.8) is 0 Å². The first kappa shape index (κ1) is 13.5. The minimum absolute atomic E-state index is 0.305. The van der Waals surface area contributed by atoms with Gasteiger partial charge in [-0.15, -0.1) is 0 Å². The van der Waals surface area contributed by atoms with Gasteiger partial charge in [0.25, 0.3) is 0 Å². The summed E-state index contributed by atoms with van der Waals surface area (Å²) in [4.78, 5) is 2.29. The molecule has 0 radical (unpaired) electrons. The first-order valence-electron chi connectivity index (χ1n) is 6.67. The number of aromatic nitrogens is 1. The van der Waals surface area contributed by atoms with Gasteiger partial charge < -0.3 is 14.6 Å². The molecule has 5 heteroatoms. The van der Waals surface area contributed by atoms with Crippen LogP contribution < -0.4 is 5.32 Å². The molecule has 2 unspecified atom stereocenters. The van der Waals surface area contributed by atoms with Crippen LogP contribution in [0.15, 0.2) is 10.6 Å². The summed E-state index contributed by atoms with van der Waals surface area (Å²) >= 11 is 0. The van der Waals surface area contributed by atoms with E-state index in [0.717, 1.165) is 44.1 Å². The number of hydrogen-bond donors (Lipinski definition) is 1. The SMILES string of the molecule is CCNCc1cc(CN(C)C2CCOC2C)on1. The molecule has 1 fully saturated rings. The number of nitrogens with one attached hydrogen (secondary N) is 1. The lowest BCUT2D eigenvalue weighted by Gasteiger charge is -2.25. The van der Waals surface area contributed by atoms with E-state index in [-0.39, 0.29) is 0 Å². The highest BCUT2D eigenvalue weighted by atomic mass is 16.5. The molecule has 2 rings (SSSR count). The molecule has 5 nitrogen and oxygen atoms in total. The maximum Gasteiger partial charge on any atom is 0.151 e. The van der Waals surface area contributed by atoms with E-state index in [0.29, 0.717) is 12.1 Å². The third-order valence-electron chi connectivity index (χ3n) is 3.47. The molecule has 1 aromatic rings. The van der Waals surface area contributed by atoms with Crippen molar-refractivity contribution in [1.29, 1.82) is 0 Å². The van der Waals surface area contributed by atoms with Crippen LogP contribution in [-0.2, 0) is 17.8 Å². The van der Waals surface area contributed by atoms with E-state index in [9.17, 15) is 0 Å². The molecule has 0 amide bonds. The van der Waals surface area contributed by atoms with E-state index < -0.39 is 0 Å². The Labute approximate surface area is 108 Å². The molecule has 1 N–H and O–H groups in total. The van der Waals surface area contributed by atoms with Crippen molar-refractivity contribution in [2.24, 2.45) is 0 Å². The van der Waals surface area contributed by atoms with Crippen LogP contribution in [0.3, 0.4) is 0 Å². The lowest BCUT2D eigenvalue weighted by molar-refractivity contribution is 0.0783. The second kappa shape index (κ2) is 6.31. The van der Waals surface area contributed by atoms with Crippen molar-refractivity contribution in [1.82, 2.24) is 15.4 Å². The van der Waals surface area contributed by atoms with Gasteiger partial charge in [0.15, 0.2) is 5.76 Å². The Morgan fingerprint density at radius 2 is 2.39 bits per heavy atom. The molecule has 2 atom stereocenters. The highest BCUT2D eigenvalue weighted by molar-refractivity contribution is 5.05. The number of nitrogens with zero attached hydrogens (tertiary/aromatic N) is 2. The van der Waals surface area contributed by atoms with E-state index in [4.69, 9.17) is 9.26 Å². The minimum atomic E-state index is 0.305. The minimum Gasteiger partial charge on any atom is -0.377 e. The number of rotatable bonds is 6. The van der Waals surface area contributed by atoms with Crippen molar-refractivity contribution in [2.75, 3.05) is 20.2 Å². The van der Waals surface area contributed by atoms with Crippen molar-refractivity contribution in [3.05, 3.63) is 17.5 Å². The predicted molar refractivity (Wildman–Crippen MR) is 69.2 cm³/mol. The predicted octanol–water partition coefficient (Wildman–Crippen LogP) is 1.39. The Kier molecular flexibility index (Phi) is 4.74. The molecule has 1 saturated heterocycles. The molecule has 1 aromatic heterocycles. The van der Waals surface area contributed by atoms with Crippen LogP contribution in [0.1, 0.15) is 31.7 Å². The van der Waals surface area contributed by atoms with Gasteiger partial charge in [-0.2, -0.15) is 0 Å². The number of ether oxygens (including phenoxy) is 1. The van der Waals surface area contributed by atoms with Crippen LogP contribution in [-0.4, -0.2) is 42.4 Å². The van der Waals surface area contributed by atoms with Crippen LogP contribution in [0, 0.1) is 0 Å². The Balaban J connectivity index is 1.86. The van der Waals surface area contributed by atoms with E-state index in [1.807, 2.05) is 6.07 Å². The fourth-order valence-corrected chi connectivity index (χ4v) is 2.43. The monoisotopic (exact) mass is 253 g/mol. The second-order valence-corrected chi connectivity index (χ2v) is 4.91. The molecule has 0 saturated carbocycles. The summed E-state index contributed by atoms with van der Waals surface area (Å²) in [5, 5.41) is 7.29. The van der Waals surface area contributed by atoms with Crippen LogP contribution in [0.25, 0.3) is 0 Å². The summed E-state index contributed by atoms with van der Waals surface area (Å²) in [5.74, 6) is 0.921. The Morgan fingerprint density at radius 3 is 3.06 bits per heavy atom. The van der Waals surface area contributed by atoms with Crippen molar-refractivity contribution < 1.29 is 9.26 Å². The van der Waals surface area contributed by atoms with E-state index >= 15 is 0 Å². The summed E-state index contributed by atoms with van der Waals surface area (Å²) < 4.78 is 10.9. The summed E-state index contributed by atoms with van der Waals surface area (Å²) in [6.07, 6.45) is 1.40. The van der Waals surface area contributed by atoms with Gasteiger partial charge in [0.2, 0.25) is 0 Å².